The number of benzene rings is 1. The Morgan fingerprint density at radius 1 is 1.48 bits per heavy atom. The summed E-state index contributed by atoms with van der Waals surface area (Å²) in [5, 5.41) is 13.3. The van der Waals surface area contributed by atoms with Gasteiger partial charge in [0.2, 0.25) is 0 Å². The topological polar surface area (TPSA) is 77.2 Å². The van der Waals surface area contributed by atoms with Crippen LogP contribution in [0.1, 0.15) is 30.0 Å². The monoisotopic (exact) mass is 353 g/mol. The summed E-state index contributed by atoms with van der Waals surface area (Å²) in [6, 6.07) is 4.89. The first-order chi connectivity index (χ1) is 9.99. The molecule has 0 saturated heterocycles. The van der Waals surface area contributed by atoms with Crippen molar-refractivity contribution in [3.8, 4) is 5.75 Å². The third-order valence-electron chi connectivity index (χ3n) is 2.78. The van der Waals surface area contributed by atoms with Gasteiger partial charge in [-0.25, -0.2) is 14.5 Å². The van der Waals surface area contributed by atoms with Crippen LogP contribution >= 0.6 is 15.9 Å². The van der Waals surface area contributed by atoms with Crippen LogP contribution < -0.4 is 4.74 Å². The number of rotatable bonds is 6. The molecule has 0 bridgehead atoms. The minimum atomic E-state index is -1.03. The quantitative estimate of drug-likeness (QED) is 0.863. The molecule has 0 aliphatic rings. The highest BCUT2D eigenvalue weighted by molar-refractivity contribution is 9.10. The molecule has 112 valence electrons. The molecule has 0 unspecified atom stereocenters. The lowest BCUT2D eigenvalue weighted by atomic mass is 10.2. The lowest BCUT2D eigenvalue weighted by Crippen LogP contribution is -2.13. The number of carboxylic acid groups (broad SMARTS) is 1. The zero-order valence-corrected chi connectivity index (χ0v) is 13.4. The van der Waals surface area contributed by atoms with Crippen LogP contribution in [-0.2, 0) is 13.2 Å². The summed E-state index contributed by atoms with van der Waals surface area (Å²) in [7, 11) is 0. The van der Waals surface area contributed by atoms with Gasteiger partial charge in [-0.2, -0.15) is 5.10 Å². The second-order valence-electron chi connectivity index (χ2n) is 4.96. The Balaban J connectivity index is 2.17. The Bertz CT molecular complexity index is 640. The Labute approximate surface area is 130 Å². The van der Waals surface area contributed by atoms with Crippen LogP contribution in [0.2, 0.25) is 0 Å². The first kappa shape index (κ1) is 15.5. The molecule has 0 saturated carbocycles. The van der Waals surface area contributed by atoms with Crippen molar-refractivity contribution in [2.45, 2.75) is 27.0 Å². The molecule has 7 heteroatoms. The molecule has 0 fully saturated rings. The number of halogens is 1. The second kappa shape index (κ2) is 6.71. The van der Waals surface area contributed by atoms with Gasteiger partial charge < -0.3 is 9.84 Å². The molecule has 1 heterocycles. The molecule has 1 aromatic heterocycles. The fraction of sp³-hybridized carbons (Fsp3) is 0.357. The molecular weight excluding hydrogens is 338 g/mol. The largest absolute Gasteiger partial charge is 0.484 e. The summed E-state index contributed by atoms with van der Waals surface area (Å²) in [5.41, 5.74) is 0.110. The summed E-state index contributed by atoms with van der Waals surface area (Å²) in [6.07, 6.45) is 1.47. The van der Waals surface area contributed by atoms with Crippen molar-refractivity contribution >= 4 is 21.9 Å². The van der Waals surface area contributed by atoms with Crippen LogP contribution in [0, 0.1) is 5.92 Å². The van der Waals surface area contributed by atoms with E-state index in [0.29, 0.717) is 22.0 Å². The van der Waals surface area contributed by atoms with Crippen molar-refractivity contribution in [2.75, 3.05) is 0 Å². The highest BCUT2D eigenvalue weighted by Crippen LogP contribution is 2.29. The predicted octanol–water partition coefficient (Wildman–Crippen LogP) is 2.97. The lowest BCUT2D eigenvalue weighted by Gasteiger charge is -2.12. The van der Waals surface area contributed by atoms with Gasteiger partial charge in [0, 0.05) is 6.54 Å². The fourth-order valence-electron chi connectivity index (χ4n) is 1.86. The molecule has 21 heavy (non-hydrogen) atoms. The zero-order chi connectivity index (χ0) is 15.4. The van der Waals surface area contributed by atoms with E-state index in [9.17, 15) is 9.90 Å². The summed E-state index contributed by atoms with van der Waals surface area (Å²) in [6.45, 7) is 5.07. The van der Waals surface area contributed by atoms with Crippen LogP contribution in [0.15, 0.2) is 29.0 Å². The zero-order valence-electron chi connectivity index (χ0n) is 11.8. The van der Waals surface area contributed by atoms with Gasteiger partial charge >= 0.3 is 5.97 Å². The molecule has 6 nitrogen and oxygen atoms in total. The van der Waals surface area contributed by atoms with E-state index in [2.05, 4.69) is 39.9 Å². The molecule has 0 atom stereocenters. The van der Waals surface area contributed by atoms with Gasteiger partial charge in [0.1, 0.15) is 24.2 Å². The smallest absolute Gasteiger partial charge is 0.339 e. The van der Waals surface area contributed by atoms with Crippen LogP contribution in [0.5, 0.6) is 5.75 Å². The fourth-order valence-corrected chi connectivity index (χ4v) is 2.34. The van der Waals surface area contributed by atoms with E-state index in [4.69, 9.17) is 4.74 Å². The molecule has 2 rings (SSSR count). The molecule has 0 spiro atoms. The Hall–Kier alpha value is -1.89. The Morgan fingerprint density at radius 3 is 2.90 bits per heavy atom. The number of nitrogens with zero attached hydrogens (tertiary/aromatic N) is 3. The molecular formula is C14H16BrN3O3. The van der Waals surface area contributed by atoms with Crippen molar-refractivity contribution < 1.29 is 14.6 Å². The van der Waals surface area contributed by atoms with Crippen LogP contribution in [-0.4, -0.2) is 25.8 Å². The minimum absolute atomic E-state index is 0.110. The third-order valence-corrected chi connectivity index (χ3v) is 3.40. The van der Waals surface area contributed by atoms with Crippen molar-refractivity contribution in [1.29, 1.82) is 0 Å². The average Bonchev–Trinajstić information content (AvgIpc) is 2.83. The van der Waals surface area contributed by atoms with E-state index < -0.39 is 5.97 Å². The van der Waals surface area contributed by atoms with Gasteiger partial charge in [-0.15, -0.1) is 0 Å². The summed E-state index contributed by atoms with van der Waals surface area (Å²) < 4.78 is 8.01. The Kier molecular flexibility index (Phi) is 4.95. The normalized spacial score (nSPS) is 10.9. The van der Waals surface area contributed by atoms with Crippen LogP contribution in [0.25, 0.3) is 0 Å². The molecule has 0 aliphatic carbocycles. The number of ether oxygens (including phenoxy) is 1. The van der Waals surface area contributed by atoms with Crippen molar-refractivity contribution in [2.24, 2.45) is 5.92 Å². The SMILES string of the molecule is CC(C)Cn1ncnc1COc1c(Br)cccc1C(=O)O. The molecule has 0 amide bonds. The van der Waals surface area contributed by atoms with Crippen molar-refractivity contribution in [3.05, 3.63) is 40.4 Å². The Morgan fingerprint density at radius 2 is 2.24 bits per heavy atom. The predicted molar refractivity (Wildman–Crippen MR) is 80.3 cm³/mol. The summed E-state index contributed by atoms with van der Waals surface area (Å²) >= 11 is 3.31. The summed E-state index contributed by atoms with van der Waals surface area (Å²) in [4.78, 5) is 15.4. The summed E-state index contributed by atoms with van der Waals surface area (Å²) in [5.74, 6) is 0.360. The highest BCUT2D eigenvalue weighted by Gasteiger charge is 2.15. The number of hydrogen-bond donors (Lipinski definition) is 1. The maximum Gasteiger partial charge on any atom is 0.339 e. The van der Waals surface area contributed by atoms with Gasteiger partial charge in [0.25, 0.3) is 0 Å². The molecule has 1 N–H and O–H groups in total. The van der Waals surface area contributed by atoms with Gasteiger partial charge in [-0.1, -0.05) is 19.9 Å². The third kappa shape index (κ3) is 3.81. The molecule has 0 radical (unpaired) electrons. The minimum Gasteiger partial charge on any atom is -0.484 e. The number of para-hydroxylation sites is 1. The van der Waals surface area contributed by atoms with E-state index in [1.54, 1.807) is 16.8 Å². The molecule has 1 aromatic carbocycles. The van der Waals surface area contributed by atoms with Gasteiger partial charge in [0.05, 0.1) is 4.47 Å². The van der Waals surface area contributed by atoms with Crippen molar-refractivity contribution in [3.63, 3.8) is 0 Å². The van der Waals surface area contributed by atoms with E-state index in [0.717, 1.165) is 6.54 Å². The average molecular weight is 354 g/mol. The van der Waals surface area contributed by atoms with Gasteiger partial charge in [-0.3, -0.25) is 0 Å². The maximum absolute atomic E-state index is 11.2. The first-order valence-corrected chi connectivity index (χ1v) is 7.29. The number of carbonyl (C=O) groups is 1. The second-order valence-corrected chi connectivity index (χ2v) is 5.82. The van der Waals surface area contributed by atoms with Crippen LogP contribution in [0.3, 0.4) is 0 Å². The van der Waals surface area contributed by atoms with Crippen LogP contribution in [0.4, 0.5) is 0 Å². The first-order valence-electron chi connectivity index (χ1n) is 6.50. The van der Waals surface area contributed by atoms with E-state index in [1.165, 1.54) is 12.4 Å². The maximum atomic E-state index is 11.2. The highest BCUT2D eigenvalue weighted by atomic mass is 79.9. The van der Waals surface area contributed by atoms with E-state index >= 15 is 0 Å². The number of aromatic nitrogens is 3. The van der Waals surface area contributed by atoms with E-state index in [1.807, 2.05) is 0 Å². The molecule has 0 aliphatic heterocycles. The number of aromatic carboxylic acids is 1. The standard InChI is InChI=1S/C14H16BrN3O3/c1-9(2)6-18-12(16-8-17-18)7-21-13-10(14(19)20)4-3-5-11(13)15/h3-5,8-9H,6-7H2,1-2H3,(H,19,20). The van der Waals surface area contributed by atoms with E-state index in [-0.39, 0.29) is 12.2 Å². The van der Waals surface area contributed by atoms with Gasteiger partial charge in [-0.05, 0) is 34.0 Å². The van der Waals surface area contributed by atoms with Crippen molar-refractivity contribution in [1.82, 2.24) is 14.8 Å². The number of carboxylic acids is 1. The molecule has 2 aromatic rings. The van der Waals surface area contributed by atoms with Gasteiger partial charge in [0.15, 0.2) is 5.82 Å². The lowest BCUT2D eigenvalue weighted by molar-refractivity contribution is 0.0691. The number of hydrogen-bond acceptors (Lipinski definition) is 4.